The van der Waals surface area contributed by atoms with Crippen molar-refractivity contribution in [3.05, 3.63) is 76.7 Å². The van der Waals surface area contributed by atoms with Crippen LogP contribution in [0.25, 0.3) is 10.9 Å². The third-order valence-corrected chi connectivity index (χ3v) is 7.10. The van der Waals surface area contributed by atoms with Crippen molar-refractivity contribution in [3.63, 3.8) is 0 Å². The van der Waals surface area contributed by atoms with Gasteiger partial charge in [-0.05, 0) is 73.8 Å². The number of benzene rings is 2. The number of ether oxygens (including phenoxy) is 1. The summed E-state index contributed by atoms with van der Waals surface area (Å²) in [4.78, 5) is 27.5. The number of nitriles is 1. The third-order valence-electron chi connectivity index (χ3n) is 6.81. The van der Waals surface area contributed by atoms with Crippen LogP contribution in [-0.4, -0.2) is 58.5 Å². The molecule has 1 aliphatic rings. The number of hydrogen-bond donors (Lipinski definition) is 2. The topological polar surface area (TPSA) is 124 Å². The first-order valence-corrected chi connectivity index (χ1v) is 13.0. The molecule has 2 aromatic carbocycles. The van der Waals surface area contributed by atoms with Gasteiger partial charge in [0.15, 0.2) is 0 Å². The van der Waals surface area contributed by atoms with Crippen LogP contribution in [0.1, 0.15) is 34.5 Å². The molecule has 0 radical (unpaired) electrons. The van der Waals surface area contributed by atoms with E-state index in [0.717, 1.165) is 68.6 Å². The molecule has 2 aromatic heterocycles. The van der Waals surface area contributed by atoms with E-state index >= 15 is 0 Å². The van der Waals surface area contributed by atoms with E-state index in [9.17, 15) is 10.1 Å². The molecule has 0 unspecified atom stereocenters. The quantitative estimate of drug-likeness (QED) is 0.305. The average molecular weight is 530 g/mol. The van der Waals surface area contributed by atoms with Crippen molar-refractivity contribution < 1.29 is 9.53 Å². The van der Waals surface area contributed by atoms with E-state index in [2.05, 4.69) is 37.0 Å². The number of carbonyl (C=O) groups excluding carboxylic acids is 1. The molecule has 0 atom stereocenters. The van der Waals surface area contributed by atoms with Crippen LogP contribution < -0.4 is 15.4 Å². The van der Waals surface area contributed by atoms with E-state index in [1.807, 2.05) is 30.3 Å². The van der Waals surface area contributed by atoms with Gasteiger partial charge >= 0.3 is 6.01 Å². The van der Waals surface area contributed by atoms with Gasteiger partial charge < -0.3 is 20.4 Å². The molecule has 1 fully saturated rings. The zero-order valence-electron chi connectivity index (χ0n) is 20.9. The molecular weight excluding hydrogens is 502 g/mol. The largest absolute Gasteiger partial charge is 0.423 e. The molecule has 0 saturated carbocycles. The van der Waals surface area contributed by atoms with Crippen molar-refractivity contribution in [2.24, 2.45) is 5.73 Å². The molecular formula is C28H28ClN7O2. The summed E-state index contributed by atoms with van der Waals surface area (Å²) in [5, 5.41) is 10.8. The average Bonchev–Trinajstić information content (AvgIpc) is 3.34. The zero-order valence-corrected chi connectivity index (χ0v) is 21.6. The van der Waals surface area contributed by atoms with Gasteiger partial charge in [-0.3, -0.25) is 9.69 Å². The van der Waals surface area contributed by atoms with Crippen molar-refractivity contribution in [1.29, 1.82) is 5.26 Å². The number of fused-ring (bicyclic) bond motifs is 1. The van der Waals surface area contributed by atoms with Crippen LogP contribution >= 0.6 is 11.6 Å². The van der Waals surface area contributed by atoms with Crippen LogP contribution in [0.2, 0.25) is 5.02 Å². The summed E-state index contributed by atoms with van der Waals surface area (Å²) in [6.45, 7) is 4.88. The molecule has 4 aromatic rings. The Balaban J connectivity index is 1.09. The fraction of sp³-hybridized carbons (Fsp3) is 0.286. The van der Waals surface area contributed by atoms with E-state index in [4.69, 9.17) is 22.1 Å². The lowest BCUT2D eigenvalue weighted by atomic mass is 10.1. The number of aromatic amines is 1. The minimum absolute atomic E-state index is 0.0150. The number of nitrogens with one attached hydrogen (secondary N) is 1. The number of aryl methyl sites for hydroxylation is 1. The van der Waals surface area contributed by atoms with Crippen molar-refractivity contribution >= 4 is 34.1 Å². The number of nitrogens with zero attached hydrogens (tertiary/aromatic N) is 5. The molecule has 3 heterocycles. The third kappa shape index (κ3) is 5.88. The molecule has 9 nitrogen and oxygen atoms in total. The Bertz CT molecular complexity index is 1490. The number of hydrogen-bond acceptors (Lipinski definition) is 7. The first-order valence-electron chi connectivity index (χ1n) is 12.6. The number of primary amides is 1. The Morgan fingerprint density at radius 3 is 2.74 bits per heavy atom. The van der Waals surface area contributed by atoms with Crippen LogP contribution in [-0.2, 0) is 6.42 Å². The summed E-state index contributed by atoms with van der Waals surface area (Å²) < 4.78 is 5.67. The van der Waals surface area contributed by atoms with Gasteiger partial charge in [0.2, 0.25) is 0 Å². The zero-order chi connectivity index (χ0) is 26.5. The molecule has 0 bridgehead atoms. The Morgan fingerprint density at radius 1 is 1.13 bits per heavy atom. The highest BCUT2D eigenvalue weighted by Gasteiger charge is 2.18. The molecule has 10 heteroatoms. The second-order valence-electron chi connectivity index (χ2n) is 9.28. The maximum Gasteiger partial charge on any atom is 0.322 e. The highest BCUT2D eigenvalue weighted by Crippen LogP contribution is 2.32. The van der Waals surface area contributed by atoms with Gasteiger partial charge in [0.1, 0.15) is 11.4 Å². The highest BCUT2D eigenvalue weighted by atomic mass is 35.5. The van der Waals surface area contributed by atoms with Gasteiger partial charge in [-0.15, -0.1) is 0 Å². The number of unbranched alkanes of at least 4 members (excludes halogenated alkanes) is 1. The molecule has 1 amide bonds. The lowest BCUT2D eigenvalue weighted by molar-refractivity contribution is 0.0994. The Morgan fingerprint density at radius 2 is 1.97 bits per heavy atom. The first kappa shape index (κ1) is 25.5. The fourth-order valence-electron chi connectivity index (χ4n) is 4.73. The minimum Gasteiger partial charge on any atom is -0.423 e. The molecule has 1 aliphatic heterocycles. The fourth-order valence-corrected chi connectivity index (χ4v) is 4.94. The minimum atomic E-state index is -0.651. The summed E-state index contributed by atoms with van der Waals surface area (Å²) in [7, 11) is 0. The van der Waals surface area contributed by atoms with Gasteiger partial charge in [0.05, 0.1) is 16.7 Å². The van der Waals surface area contributed by atoms with Crippen molar-refractivity contribution in [2.45, 2.75) is 19.3 Å². The highest BCUT2D eigenvalue weighted by molar-refractivity contribution is 6.32. The predicted molar refractivity (Wildman–Crippen MR) is 147 cm³/mol. The molecule has 3 N–H and O–H groups in total. The molecule has 0 spiro atoms. The van der Waals surface area contributed by atoms with Crippen molar-refractivity contribution in [2.75, 3.05) is 37.6 Å². The lowest BCUT2D eigenvalue weighted by Gasteiger charge is -2.36. The standard InChI is InChI=1S/C28H28ClN7O2/c29-23-16-21(5-7-26(23)38-28-32-9-8-25(34-28)27(31)37)36-13-11-35(12-14-36)10-2-1-3-20-18-33-24-6-4-19(17-30)15-22(20)24/h4-9,15-16,18,33H,1-3,10-14H2,(H2,31,37). The van der Waals surface area contributed by atoms with E-state index in [-0.39, 0.29) is 11.7 Å². The summed E-state index contributed by atoms with van der Waals surface area (Å²) >= 11 is 6.48. The van der Waals surface area contributed by atoms with Gasteiger partial charge in [-0.1, -0.05) is 11.6 Å². The van der Waals surface area contributed by atoms with Crippen molar-refractivity contribution in [3.8, 4) is 17.8 Å². The number of anilines is 1. The SMILES string of the molecule is N#Cc1ccc2[nH]cc(CCCCN3CCN(c4ccc(Oc5nccc(C(N)=O)n5)c(Cl)c4)CC3)c2c1. The van der Waals surface area contributed by atoms with Gasteiger partial charge in [-0.2, -0.15) is 10.2 Å². The van der Waals surface area contributed by atoms with Crippen LogP contribution in [0, 0.1) is 11.3 Å². The van der Waals surface area contributed by atoms with E-state index < -0.39 is 5.91 Å². The summed E-state index contributed by atoms with van der Waals surface area (Å²) in [5.41, 5.74) is 9.44. The van der Waals surface area contributed by atoms with E-state index in [1.165, 1.54) is 17.8 Å². The van der Waals surface area contributed by atoms with Crippen LogP contribution in [0.15, 0.2) is 54.9 Å². The Kier molecular flexibility index (Phi) is 7.73. The predicted octanol–water partition coefficient (Wildman–Crippen LogP) is 4.52. The Labute approximate surface area is 225 Å². The first-order chi connectivity index (χ1) is 18.5. The maximum absolute atomic E-state index is 11.3. The number of piperazine rings is 1. The number of amides is 1. The molecule has 194 valence electrons. The number of carbonyl (C=O) groups is 1. The van der Waals surface area contributed by atoms with Crippen LogP contribution in [0.3, 0.4) is 0 Å². The molecule has 1 saturated heterocycles. The number of halogens is 1. The monoisotopic (exact) mass is 529 g/mol. The number of H-pyrrole nitrogens is 1. The van der Waals surface area contributed by atoms with Gasteiger partial charge in [0, 0.05) is 55.2 Å². The number of rotatable bonds is 9. The van der Waals surface area contributed by atoms with Gasteiger partial charge in [-0.25, -0.2) is 4.98 Å². The number of aromatic nitrogens is 3. The second kappa shape index (κ2) is 11.5. The molecule has 5 rings (SSSR count). The Hall–Kier alpha value is -4.13. The van der Waals surface area contributed by atoms with E-state index in [0.29, 0.717) is 16.3 Å². The second-order valence-corrected chi connectivity index (χ2v) is 9.68. The summed E-state index contributed by atoms with van der Waals surface area (Å²) in [6.07, 6.45) is 6.71. The molecule has 0 aliphatic carbocycles. The molecule has 38 heavy (non-hydrogen) atoms. The number of nitrogens with two attached hydrogens (primary N) is 1. The van der Waals surface area contributed by atoms with Crippen molar-refractivity contribution in [1.82, 2.24) is 19.9 Å². The summed E-state index contributed by atoms with van der Waals surface area (Å²) in [5.74, 6) is -0.239. The smallest absolute Gasteiger partial charge is 0.322 e. The lowest BCUT2D eigenvalue weighted by Crippen LogP contribution is -2.46. The van der Waals surface area contributed by atoms with Crippen LogP contribution in [0.5, 0.6) is 11.8 Å². The summed E-state index contributed by atoms with van der Waals surface area (Å²) in [6, 6.07) is 15.1. The van der Waals surface area contributed by atoms with Gasteiger partial charge in [0.25, 0.3) is 5.91 Å². The van der Waals surface area contributed by atoms with E-state index in [1.54, 1.807) is 6.07 Å². The van der Waals surface area contributed by atoms with Crippen LogP contribution in [0.4, 0.5) is 5.69 Å². The normalized spacial score (nSPS) is 13.9. The maximum atomic E-state index is 11.3.